The van der Waals surface area contributed by atoms with E-state index in [4.69, 9.17) is 9.40 Å². The lowest BCUT2D eigenvalue weighted by Crippen LogP contribution is -2.54. The summed E-state index contributed by atoms with van der Waals surface area (Å²) in [6, 6.07) is 11.3. The number of carbonyl (C=O) groups is 1. The molecule has 0 spiro atoms. The molecule has 1 saturated heterocycles. The SMILES string of the molecule is C[C@@H]1CN(c2scnc2-c2nc3ccccc3[nH]2)CCN1C(=O)Cn1cccc2oc(=O)nc1-2. The topological polar surface area (TPSA) is 113 Å². The number of anilines is 1. The Bertz CT molecular complexity index is 1480. The van der Waals surface area contributed by atoms with E-state index < -0.39 is 5.76 Å². The van der Waals surface area contributed by atoms with E-state index in [-0.39, 0.29) is 18.5 Å². The number of nitrogens with zero attached hydrogens (tertiary/aromatic N) is 6. The van der Waals surface area contributed by atoms with Gasteiger partial charge in [0.25, 0.3) is 0 Å². The monoisotopic (exact) mass is 475 g/mol. The smallest absolute Gasteiger partial charge is 0.405 e. The number of pyridine rings is 1. The number of piperazine rings is 1. The maximum absolute atomic E-state index is 13.1. The Morgan fingerprint density at radius 1 is 1.21 bits per heavy atom. The summed E-state index contributed by atoms with van der Waals surface area (Å²) in [5.41, 5.74) is 4.54. The van der Waals surface area contributed by atoms with E-state index in [0.717, 1.165) is 27.6 Å². The molecule has 1 atom stereocenters. The van der Waals surface area contributed by atoms with Crippen LogP contribution in [0.4, 0.5) is 5.00 Å². The number of benzene rings is 1. The second-order valence-electron chi connectivity index (χ2n) is 8.29. The van der Waals surface area contributed by atoms with Crippen LogP contribution < -0.4 is 10.7 Å². The fourth-order valence-electron chi connectivity index (χ4n) is 4.49. The average molecular weight is 476 g/mol. The molecule has 11 heteroatoms. The number of carbonyl (C=O) groups excluding carboxylic acids is 1. The first kappa shape index (κ1) is 20.6. The van der Waals surface area contributed by atoms with Crippen molar-refractivity contribution in [2.75, 3.05) is 24.5 Å². The number of amides is 1. The Labute approximate surface area is 197 Å². The van der Waals surface area contributed by atoms with E-state index >= 15 is 0 Å². The van der Waals surface area contributed by atoms with E-state index in [2.05, 4.69) is 19.9 Å². The van der Waals surface area contributed by atoms with Gasteiger partial charge in [0.2, 0.25) is 5.91 Å². The molecule has 34 heavy (non-hydrogen) atoms. The van der Waals surface area contributed by atoms with Crippen molar-refractivity contribution in [3.63, 3.8) is 0 Å². The van der Waals surface area contributed by atoms with Crippen LogP contribution in [0.1, 0.15) is 6.92 Å². The summed E-state index contributed by atoms with van der Waals surface area (Å²) in [4.78, 5) is 45.3. The number of hydrogen-bond acceptors (Lipinski definition) is 8. The number of hydrogen-bond donors (Lipinski definition) is 1. The molecule has 0 saturated carbocycles. The Morgan fingerprint density at radius 2 is 2.09 bits per heavy atom. The highest BCUT2D eigenvalue weighted by Crippen LogP contribution is 2.34. The zero-order chi connectivity index (χ0) is 23.2. The maximum Gasteiger partial charge on any atom is 0.441 e. The predicted octanol–water partition coefficient (Wildman–Crippen LogP) is 2.68. The molecule has 1 fully saturated rings. The van der Waals surface area contributed by atoms with Crippen molar-refractivity contribution in [3.8, 4) is 23.1 Å². The third-order valence-electron chi connectivity index (χ3n) is 6.10. The summed E-state index contributed by atoms with van der Waals surface area (Å²) in [7, 11) is 0. The minimum atomic E-state index is -0.658. The highest BCUT2D eigenvalue weighted by atomic mass is 32.1. The van der Waals surface area contributed by atoms with Crippen molar-refractivity contribution >= 4 is 33.3 Å². The summed E-state index contributed by atoms with van der Waals surface area (Å²) >= 11 is 1.58. The summed E-state index contributed by atoms with van der Waals surface area (Å²) in [6.45, 7) is 4.10. The molecule has 2 aromatic heterocycles. The molecule has 10 nitrogen and oxygen atoms in total. The van der Waals surface area contributed by atoms with Crippen LogP contribution in [0.5, 0.6) is 0 Å². The minimum Gasteiger partial charge on any atom is -0.405 e. The minimum absolute atomic E-state index is 0.000875. The summed E-state index contributed by atoms with van der Waals surface area (Å²) < 4.78 is 6.70. The fourth-order valence-corrected chi connectivity index (χ4v) is 5.33. The number of imidazole rings is 1. The zero-order valence-electron chi connectivity index (χ0n) is 18.3. The van der Waals surface area contributed by atoms with Gasteiger partial charge in [-0.25, -0.2) is 14.8 Å². The molecule has 0 unspecified atom stereocenters. The molecule has 1 aromatic carbocycles. The fraction of sp³-hybridized carbons (Fsp3) is 0.261. The van der Waals surface area contributed by atoms with Crippen LogP contribution in [0, 0.1) is 0 Å². The number of rotatable bonds is 4. The first-order chi connectivity index (χ1) is 16.6. The first-order valence-corrected chi connectivity index (χ1v) is 11.8. The van der Waals surface area contributed by atoms with Crippen LogP contribution >= 0.6 is 11.3 Å². The number of oxazole rings is 1. The molecular weight excluding hydrogens is 454 g/mol. The molecule has 3 aliphatic rings. The highest BCUT2D eigenvalue weighted by molar-refractivity contribution is 7.14. The van der Waals surface area contributed by atoms with Gasteiger partial charge in [0, 0.05) is 31.9 Å². The number of H-pyrrole nitrogens is 1. The van der Waals surface area contributed by atoms with Gasteiger partial charge in [0.05, 0.1) is 16.5 Å². The van der Waals surface area contributed by atoms with Crippen molar-refractivity contribution in [2.24, 2.45) is 0 Å². The standard InChI is InChI=1S/C23H21N7O3S/c1-14-11-29(22-19(24-13-34-22)20-25-15-5-2-3-6-16(15)26-20)9-10-30(14)18(31)12-28-8-4-7-17-21(28)27-23(32)33-17/h2-8,13-14H,9-12H2,1H3,(H,25,26)/t14-/m1/s1. The molecule has 0 aliphatic carbocycles. The van der Waals surface area contributed by atoms with Crippen LogP contribution in [0.25, 0.3) is 34.1 Å². The second-order valence-corrected chi connectivity index (χ2v) is 9.13. The van der Waals surface area contributed by atoms with Gasteiger partial charge in [-0.1, -0.05) is 12.1 Å². The number of nitrogens with one attached hydrogen (secondary N) is 1. The number of thiazole rings is 1. The van der Waals surface area contributed by atoms with Crippen LogP contribution in [0.3, 0.4) is 0 Å². The van der Waals surface area contributed by atoms with Gasteiger partial charge in [0.1, 0.15) is 17.2 Å². The van der Waals surface area contributed by atoms with Gasteiger partial charge in [0.15, 0.2) is 17.4 Å². The average Bonchev–Trinajstić information content (AvgIpc) is 3.56. The number of aromatic amines is 1. The van der Waals surface area contributed by atoms with Crippen molar-refractivity contribution < 1.29 is 9.21 Å². The Hall–Kier alpha value is -3.99. The van der Waals surface area contributed by atoms with Gasteiger partial charge in [-0.2, -0.15) is 4.98 Å². The molecule has 6 rings (SSSR count). The van der Waals surface area contributed by atoms with Gasteiger partial charge in [-0.05, 0) is 31.2 Å². The first-order valence-electron chi connectivity index (χ1n) is 11.0. The lowest BCUT2D eigenvalue weighted by molar-refractivity contribution is -0.134. The molecule has 3 aromatic rings. The van der Waals surface area contributed by atoms with Gasteiger partial charge >= 0.3 is 5.76 Å². The molecule has 1 amide bonds. The highest BCUT2D eigenvalue weighted by Gasteiger charge is 2.30. The van der Waals surface area contributed by atoms with E-state index in [0.29, 0.717) is 31.2 Å². The lowest BCUT2D eigenvalue weighted by Gasteiger charge is -2.40. The maximum atomic E-state index is 13.1. The lowest BCUT2D eigenvalue weighted by atomic mass is 10.2. The molecule has 172 valence electrons. The second kappa shape index (κ2) is 8.10. The van der Waals surface area contributed by atoms with Crippen molar-refractivity contribution in [3.05, 3.63) is 58.7 Å². The summed E-state index contributed by atoms with van der Waals surface area (Å²) in [6.07, 6.45) is 1.74. The van der Waals surface area contributed by atoms with Gasteiger partial charge < -0.3 is 23.8 Å². The summed E-state index contributed by atoms with van der Waals surface area (Å²) in [5.74, 6) is 0.823. The quantitative estimate of drug-likeness (QED) is 0.425. The molecule has 5 heterocycles. The molecule has 3 aliphatic heterocycles. The third-order valence-corrected chi connectivity index (χ3v) is 6.99. The van der Waals surface area contributed by atoms with E-state index in [9.17, 15) is 9.59 Å². The van der Waals surface area contributed by atoms with Crippen LogP contribution in [0.15, 0.2) is 57.3 Å². The normalized spacial score (nSPS) is 16.6. The van der Waals surface area contributed by atoms with E-state index in [1.807, 2.05) is 41.6 Å². The number of fused-ring (bicyclic) bond motifs is 2. The Morgan fingerprint density at radius 3 is 2.94 bits per heavy atom. The van der Waals surface area contributed by atoms with E-state index in [1.165, 1.54) is 0 Å². The van der Waals surface area contributed by atoms with Crippen LogP contribution in [-0.2, 0) is 11.3 Å². The molecule has 1 N–H and O–H groups in total. The Balaban J connectivity index is 1.19. The number of para-hydroxylation sites is 2. The van der Waals surface area contributed by atoms with Crippen molar-refractivity contribution in [2.45, 2.75) is 19.5 Å². The van der Waals surface area contributed by atoms with Crippen LogP contribution in [-0.4, -0.2) is 61.0 Å². The van der Waals surface area contributed by atoms with Crippen molar-refractivity contribution in [1.82, 2.24) is 29.4 Å². The largest absolute Gasteiger partial charge is 0.441 e. The summed E-state index contributed by atoms with van der Waals surface area (Å²) in [5, 5.41) is 1.04. The van der Waals surface area contributed by atoms with Gasteiger partial charge in [-0.3, -0.25) is 4.79 Å². The molecular formula is C23H21N7O3S. The zero-order valence-corrected chi connectivity index (χ0v) is 19.2. The van der Waals surface area contributed by atoms with Crippen molar-refractivity contribution in [1.29, 1.82) is 0 Å². The molecule has 0 radical (unpaired) electrons. The predicted molar refractivity (Wildman–Crippen MR) is 128 cm³/mol. The Kier molecular flexibility index (Phi) is 4.91. The van der Waals surface area contributed by atoms with Crippen LogP contribution in [0.2, 0.25) is 0 Å². The number of aromatic nitrogens is 5. The van der Waals surface area contributed by atoms with E-state index in [1.54, 1.807) is 34.2 Å². The third kappa shape index (κ3) is 3.54. The molecule has 0 bridgehead atoms. The van der Waals surface area contributed by atoms with Gasteiger partial charge in [-0.15, -0.1) is 11.3 Å².